The predicted molar refractivity (Wildman–Crippen MR) is 58.2 cm³/mol. The first-order chi connectivity index (χ1) is 7.15. The SMILES string of the molecule is CNC1CCC(C)(c2ccncc2F)C1. The average Bonchev–Trinajstić information content (AvgIpc) is 2.62. The highest BCUT2D eigenvalue weighted by molar-refractivity contribution is 5.25. The summed E-state index contributed by atoms with van der Waals surface area (Å²) in [5.41, 5.74) is 0.788. The van der Waals surface area contributed by atoms with E-state index in [1.165, 1.54) is 6.20 Å². The van der Waals surface area contributed by atoms with Gasteiger partial charge in [0, 0.05) is 12.2 Å². The summed E-state index contributed by atoms with van der Waals surface area (Å²) >= 11 is 0. The van der Waals surface area contributed by atoms with Crippen LogP contribution in [-0.2, 0) is 5.41 Å². The number of nitrogens with one attached hydrogen (secondary N) is 1. The lowest BCUT2D eigenvalue weighted by Gasteiger charge is -2.25. The average molecular weight is 208 g/mol. The molecule has 0 bridgehead atoms. The van der Waals surface area contributed by atoms with Gasteiger partial charge in [-0.25, -0.2) is 4.39 Å². The van der Waals surface area contributed by atoms with Crippen LogP contribution in [0.4, 0.5) is 4.39 Å². The molecule has 0 aliphatic heterocycles. The van der Waals surface area contributed by atoms with E-state index in [1.54, 1.807) is 6.20 Å². The minimum Gasteiger partial charge on any atom is -0.317 e. The van der Waals surface area contributed by atoms with Gasteiger partial charge in [0.2, 0.25) is 0 Å². The molecule has 1 aliphatic carbocycles. The molecule has 0 radical (unpaired) electrons. The summed E-state index contributed by atoms with van der Waals surface area (Å²) in [5.74, 6) is -0.170. The number of hydrogen-bond acceptors (Lipinski definition) is 2. The Kier molecular flexibility index (Phi) is 2.74. The number of hydrogen-bond donors (Lipinski definition) is 1. The third-order valence-corrected chi connectivity index (χ3v) is 3.57. The minimum absolute atomic E-state index is 0.0271. The van der Waals surface area contributed by atoms with Crippen molar-refractivity contribution in [3.05, 3.63) is 29.8 Å². The van der Waals surface area contributed by atoms with E-state index in [4.69, 9.17) is 0 Å². The summed E-state index contributed by atoms with van der Waals surface area (Å²) in [7, 11) is 1.97. The van der Waals surface area contributed by atoms with Crippen molar-refractivity contribution in [1.29, 1.82) is 0 Å². The molecule has 1 fully saturated rings. The van der Waals surface area contributed by atoms with Gasteiger partial charge in [-0.15, -0.1) is 0 Å². The van der Waals surface area contributed by atoms with Crippen molar-refractivity contribution in [2.24, 2.45) is 0 Å². The first kappa shape index (κ1) is 10.6. The van der Waals surface area contributed by atoms with Gasteiger partial charge >= 0.3 is 0 Å². The molecule has 1 N–H and O–H groups in total. The Bertz CT molecular complexity index is 353. The molecule has 2 unspecified atom stereocenters. The molecule has 0 spiro atoms. The van der Waals surface area contributed by atoms with Gasteiger partial charge in [0.05, 0.1) is 6.20 Å². The lowest BCUT2D eigenvalue weighted by molar-refractivity contribution is 0.439. The molecule has 82 valence electrons. The smallest absolute Gasteiger partial charge is 0.145 e. The Morgan fingerprint density at radius 1 is 1.60 bits per heavy atom. The maximum Gasteiger partial charge on any atom is 0.145 e. The number of pyridine rings is 1. The van der Waals surface area contributed by atoms with Crippen molar-refractivity contribution in [3.63, 3.8) is 0 Å². The van der Waals surface area contributed by atoms with Crippen LogP contribution < -0.4 is 5.32 Å². The highest BCUT2D eigenvalue weighted by Gasteiger charge is 2.37. The summed E-state index contributed by atoms with van der Waals surface area (Å²) in [6.45, 7) is 2.14. The summed E-state index contributed by atoms with van der Waals surface area (Å²) in [6, 6.07) is 2.33. The van der Waals surface area contributed by atoms with Gasteiger partial charge < -0.3 is 5.32 Å². The van der Waals surface area contributed by atoms with E-state index in [-0.39, 0.29) is 11.2 Å². The second kappa shape index (κ2) is 3.89. The minimum atomic E-state index is -0.170. The second-order valence-electron chi connectivity index (χ2n) is 4.64. The van der Waals surface area contributed by atoms with Gasteiger partial charge in [-0.05, 0) is 43.4 Å². The zero-order valence-electron chi connectivity index (χ0n) is 9.26. The standard InChI is InChI=1S/C12H17FN2/c1-12(5-3-9(7-12)14-2)10-4-6-15-8-11(10)13/h4,6,8-9,14H,3,5,7H2,1-2H3. The summed E-state index contributed by atoms with van der Waals surface area (Å²) in [4.78, 5) is 3.80. The van der Waals surface area contributed by atoms with Crippen molar-refractivity contribution in [3.8, 4) is 0 Å². The maximum absolute atomic E-state index is 13.6. The van der Waals surface area contributed by atoms with E-state index in [1.807, 2.05) is 13.1 Å². The van der Waals surface area contributed by atoms with Crippen LogP contribution in [0.25, 0.3) is 0 Å². The van der Waals surface area contributed by atoms with E-state index in [0.29, 0.717) is 6.04 Å². The van der Waals surface area contributed by atoms with E-state index in [0.717, 1.165) is 24.8 Å². The lowest BCUT2D eigenvalue weighted by Crippen LogP contribution is -2.26. The molecule has 3 heteroatoms. The molecular weight excluding hydrogens is 191 g/mol. The Balaban J connectivity index is 2.27. The Morgan fingerprint density at radius 3 is 3.00 bits per heavy atom. The van der Waals surface area contributed by atoms with Crippen molar-refractivity contribution >= 4 is 0 Å². The van der Waals surface area contributed by atoms with Crippen LogP contribution in [0.2, 0.25) is 0 Å². The molecular formula is C12H17FN2. The third-order valence-electron chi connectivity index (χ3n) is 3.57. The van der Waals surface area contributed by atoms with E-state index < -0.39 is 0 Å². The molecule has 1 aliphatic rings. The Morgan fingerprint density at radius 2 is 2.40 bits per heavy atom. The molecule has 2 rings (SSSR count). The monoisotopic (exact) mass is 208 g/mol. The van der Waals surface area contributed by atoms with Gasteiger partial charge in [-0.1, -0.05) is 6.92 Å². The van der Waals surface area contributed by atoms with E-state index in [2.05, 4.69) is 17.2 Å². The summed E-state index contributed by atoms with van der Waals surface area (Å²) in [6.07, 6.45) is 6.16. The lowest BCUT2D eigenvalue weighted by atomic mass is 9.81. The van der Waals surface area contributed by atoms with Gasteiger partial charge in [-0.2, -0.15) is 0 Å². The van der Waals surface area contributed by atoms with Crippen molar-refractivity contribution in [1.82, 2.24) is 10.3 Å². The van der Waals surface area contributed by atoms with E-state index in [9.17, 15) is 4.39 Å². The van der Waals surface area contributed by atoms with Gasteiger partial charge in [0.15, 0.2) is 0 Å². The topological polar surface area (TPSA) is 24.9 Å². The fourth-order valence-corrected chi connectivity index (χ4v) is 2.60. The molecule has 2 atom stereocenters. The zero-order chi connectivity index (χ0) is 10.9. The van der Waals surface area contributed by atoms with Crippen LogP contribution >= 0.6 is 0 Å². The molecule has 1 saturated carbocycles. The van der Waals surface area contributed by atoms with Crippen LogP contribution in [0.5, 0.6) is 0 Å². The molecule has 1 aromatic heterocycles. The second-order valence-corrected chi connectivity index (χ2v) is 4.64. The van der Waals surface area contributed by atoms with Crippen LogP contribution in [0.15, 0.2) is 18.5 Å². The fourth-order valence-electron chi connectivity index (χ4n) is 2.60. The molecule has 1 heterocycles. The normalized spacial score (nSPS) is 30.7. The molecule has 2 nitrogen and oxygen atoms in total. The van der Waals surface area contributed by atoms with Crippen LogP contribution in [0, 0.1) is 5.82 Å². The number of aromatic nitrogens is 1. The van der Waals surface area contributed by atoms with Crippen LogP contribution in [-0.4, -0.2) is 18.1 Å². The Labute approximate surface area is 89.9 Å². The van der Waals surface area contributed by atoms with Crippen molar-refractivity contribution < 1.29 is 4.39 Å². The van der Waals surface area contributed by atoms with E-state index >= 15 is 0 Å². The first-order valence-corrected chi connectivity index (χ1v) is 5.43. The van der Waals surface area contributed by atoms with Crippen LogP contribution in [0.1, 0.15) is 31.7 Å². The fraction of sp³-hybridized carbons (Fsp3) is 0.583. The zero-order valence-corrected chi connectivity index (χ0v) is 9.26. The van der Waals surface area contributed by atoms with Crippen molar-refractivity contribution in [2.75, 3.05) is 7.05 Å². The number of nitrogens with zero attached hydrogens (tertiary/aromatic N) is 1. The molecule has 15 heavy (non-hydrogen) atoms. The highest BCUT2D eigenvalue weighted by Crippen LogP contribution is 2.41. The molecule has 0 amide bonds. The maximum atomic E-state index is 13.6. The number of rotatable bonds is 2. The Hall–Kier alpha value is -0.960. The van der Waals surface area contributed by atoms with Crippen molar-refractivity contribution in [2.45, 2.75) is 37.6 Å². The third kappa shape index (κ3) is 1.88. The number of halogens is 1. The largest absolute Gasteiger partial charge is 0.317 e. The molecule has 0 saturated heterocycles. The van der Waals surface area contributed by atoms with Gasteiger partial charge in [-0.3, -0.25) is 4.98 Å². The van der Waals surface area contributed by atoms with Gasteiger partial charge in [0.25, 0.3) is 0 Å². The quantitative estimate of drug-likeness (QED) is 0.806. The molecule has 1 aromatic rings. The summed E-state index contributed by atoms with van der Waals surface area (Å²) < 4.78 is 13.6. The first-order valence-electron chi connectivity index (χ1n) is 5.43. The molecule has 0 aromatic carbocycles. The van der Waals surface area contributed by atoms with Crippen LogP contribution in [0.3, 0.4) is 0 Å². The predicted octanol–water partition coefficient (Wildman–Crippen LogP) is 2.25. The summed E-state index contributed by atoms with van der Waals surface area (Å²) in [5, 5.41) is 3.27. The van der Waals surface area contributed by atoms with Gasteiger partial charge in [0.1, 0.15) is 5.82 Å². The highest BCUT2D eigenvalue weighted by atomic mass is 19.1.